The minimum atomic E-state index is 0.442. The largest absolute Gasteiger partial charge is 0.309 e. The Hall–Kier alpha value is -1.60. The van der Waals surface area contributed by atoms with Crippen molar-refractivity contribution in [2.45, 2.75) is 39.2 Å². The molecule has 112 valence electrons. The van der Waals surface area contributed by atoms with Crippen LogP contribution in [0.15, 0.2) is 60.7 Å². The van der Waals surface area contributed by atoms with Crippen molar-refractivity contribution < 1.29 is 0 Å². The van der Waals surface area contributed by atoms with Crippen molar-refractivity contribution in [1.29, 1.82) is 0 Å². The first kappa shape index (κ1) is 15.8. The molecular formula is C20H27N. The summed E-state index contributed by atoms with van der Waals surface area (Å²) in [5.74, 6) is 1.22. The summed E-state index contributed by atoms with van der Waals surface area (Å²) in [4.78, 5) is 0. The lowest BCUT2D eigenvalue weighted by Gasteiger charge is -2.23. The molecule has 2 rings (SSSR count). The fourth-order valence-corrected chi connectivity index (χ4v) is 2.71. The van der Waals surface area contributed by atoms with Gasteiger partial charge in [-0.3, -0.25) is 0 Å². The van der Waals surface area contributed by atoms with Crippen molar-refractivity contribution in [3.05, 3.63) is 71.8 Å². The Morgan fingerprint density at radius 2 is 1.29 bits per heavy atom. The second-order valence-electron chi connectivity index (χ2n) is 6.31. The molecule has 2 unspecified atom stereocenters. The summed E-state index contributed by atoms with van der Waals surface area (Å²) in [6.45, 7) is 7.88. The molecule has 0 radical (unpaired) electrons. The Bertz CT molecular complexity index is 504. The van der Waals surface area contributed by atoms with Crippen molar-refractivity contribution in [1.82, 2.24) is 5.32 Å². The van der Waals surface area contributed by atoms with Crippen LogP contribution in [0, 0.1) is 5.92 Å². The Labute approximate surface area is 129 Å². The van der Waals surface area contributed by atoms with Crippen molar-refractivity contribution >= 4 is 0 Å². The van der Waals surface area contributed by atoms with Crippen LogP contribution in [-0.2, 0) is 0 Å². The fourth-order valence-electron chi connectivity index (χ4n) is 2.71. The van der Waals surface area contributed by atoms with Gasteiger partial charge < -0.3 is 5.32 Å². The van der Waals surface area contributed by atoms with E-state index in [-0.39, 0.29) is 0 Å². The van der Waals surface area contributed by atoms with E-state index in [1.165, 1.54) is 17.5 Å². The van der Waals surface area contributed by atoms with Gasteiger partial charge in [-0.05, 0) is 29.4 Å². The summed E-state index contributed by atoms with van der Waals surface area (Å²) in [6.07, 6.45) is 1.17. The van der Waals surface area contributed by atoms with Crippen LogP contribution in [0.4, 0.5) is 0 Å². The normalized spacial score (nSPS) is 14.1. The van der Waals surface area contributed by atoms with Gasteiger partial charge in [0.1, 0.15) is 0 Å². The second-order valence-corrected chi connectivity index (χ2v) is 6.31. The summed E-state index contributed by atoms with van der Waals surface area (Å²) in [6, 6.07) is 22.0. The monoisotopic (exact) mass is 281 g/mol. The zero-order chi connectivity index (χ0) is 15.1. The Morgan fingerprint density at radius 1 is 0.762 bits per heavy atom. The SMILES string of the molecule is CC(C)CC(NCC(C)c1ccccc1)c1ccccc1. The molecule has 1 N–H and O–H groups in total. The number of benzene rings is 2. The van der Waals surface area contributed by atoms with Crippen LogP contribution >= 0.6 is 0 Å². The molecule has 1 heteroatoms. The van der Waals surface area contributed by atoms with Crippen molar-refractivity contribution in [2.75, 3.05) is 6.54 Å². The third kappa shape index (κ3) is 5.02. The first-order valence-electron chi connectivity index (χ1n) is 8.00. The van der Waals surface area contributed by atoms with Crippen LogP contribution in [0.5, 0.6) is 0 Å². The summed E-state index contributed by atoms with van der Waals surface area (Å²) in [5.41, 5.74) is 2.80. The molecule has 0 heterocycles. The van der Waals surface area contributed by atoms with E-state index >= 15 is 0 Å². The van der Waals surface area contributed by atoms with Crippen LogP contribution in [0.2, 0.25) is 0 Å². The highest BCUT2D eigenvalue weighted by Crippen LogP contribution is 2.22. The minimum absolute atomic E-state index is 0.442. The van der Waals surface area contributed by atoms with Gasteiger partial charge in [0.25, 0.3) is 0 Å². The van der Waals surface area contributed by atoms with Gasteiger partial charge in [-0.2, -0.15) is 0 Å². The molecule has 2 aromatic rings. The highest BCUT2D eigenvalue weighted by atomic mass is 14.9. The predicted octanol–water partition coefficient (Wildman–Crippen LogP) is 5.17. The first-order valence-corrected chi connectivity index (χ1v) is 8.00. The van der Waals surface area contributed by atoms with Gasteiger partial charge >= 0.3 is 0 Å². The summed E-state index contributed by atoms with van der Waals surface area (Å²) in [7, 11) is 0. The van der Waals surface area contributed by atoms with E-state index in [1.54, 1.807) is 0 Å². The topological polar surface area (TPSA) is 12.0 Å². The van der Waals surface area contributed by atoms with E-state index in [4.69, 9.17) is 0 Å². The fraction of sp³-hybridized carbons (Fsp3) is 0.400. The molecule has 21 heavy (non-hydrogen) atoms. The lowest BCUT2D eigenvalue weighted by Crippen LogP contribution is -2.26. The average Bonchev–Trinajstić information content (AvgIpc) is 2.52. The standard InChI is InChI=1S/C20H27N/c1-16(2)14-20(19-12-8-5-9-13-19)21-15-17(3)18-10-6-4-7-11-18/h4-13,16-17,20-21H,14-15H2,1-3H3. The number of nitrogens with one attached hydrogen (secondary N) is 1. The molecule has 0 saturated carbocycles. The summed E-state index contributed by atoms with van der Waals surface area (Å²) < 4.78 is 0. The van der Waals surface area contributed by atoms with E-state index in [9.17, 15) is 0 Å². The third-order valence-electron chi connectivity index (χ3n) is 3.95. The van der Waals surface area contributed by atoms with Crippen LogP contribution < -0.4 is 5.32 Å². The Balaban J connectivity index is 1.99. The maximum Gasteiger partial charge on any atom is 0.0322 e. The maximum absolute atomic E-state index is 3.77. The molecule has 2 aromatic carbocycles. The molecule has 0 spiro atoms. The Kier molecular flexibility index (Phi) is 6.01. The molecular weight excluding hydrogens is 254 g/mol. The smallest absolute Gasteiger partial charge is 0.0322 e. The number of hydrogen-bond donors (Lipinski definition) is 1. The lowest BCUT2D eigenvalue weighted by molar-refractivity contribution is 0.420. The van der Waals surface area contributed by atoms with E-state index in [0.29, 0.717) is 17.9 Å². The van der Waals surface area contributed by atoms with E-state index in [0.717, 1.165) is 6.54 Å². The van der Waals surface area contributed by atoms with Crippen molar-refractivity contribution in [3.8, 4) is 0 Å². The molecule has 0 fully saturated rings. The van der Waals surface area contributed by atoms with Crippen molar-refractivity contribution in [2.24, 2.45) is 5.92 Å². The first-order chi connectivity index (χ1) is 10.2. The molecule has 0 aliphatic rings. The van der Waals surface area contributed by atoms with Crippen LogP contribution in [0.25, 0.3) is 0 Å². The molecule has 0 aliphatic carbocycles. The second kappa shape index (κ2) is 7.99. The highest BCUT2D eigenvalue weighted by molar-refractivity contribution is 5.21. The summed E-state index contributed by atoms with van der Waals surface area (Å²) in [5, 5.41) is 3.77. The van der Waals surface area contributed by atoms with Crippen LogP contribution in [0.1, 0.15) is 50.3 Å². The number of hydrogen-bond acceptors (Lipinski definition) is 1. The zero-order valence-corrected chi connectivity index (χ0v) is 13.4. The predicted molar refractivity (Wildman–Crippen MR) is 91.5 cm³/mol. The van der Waals surface area contributed by atoms with Crippen molar-refractivity contribution in [3.63, 3.8) is 0 Å². The van der Waals surface area contributed by atoms with Crippen LogP contribution in [-0.4, -0.2) is 6.54 Å². The third-order valence-corrected chi connectivity index (χ3v) is 3.95. The van der Waals surface area contributed by atoms with E-state index in [2.05, 4.69) is 86.8 Å². The van der Waals surface area contributed by atoms with Gasteiger partial charge in [-0.15, -0.1) is 0 Å². The van der Waals surface area contributed by atoms with Gasteiger partial charge in [0.05, 0.1) is 0 Å². The minimum Gasteiger partial charge on any atom is -0.309 e. The lowest BCUT2D eigenvalue weighted by atomic mass is 9.95. The van der Waals surface area contributed by atoms with Gasteiger partial charge in [0.2, 0.25) is 0 Å². The Morgan fingerprint density at radius 3 is 1.81 bits per heavy atom. The zero-order valence-electron chi connectivity index (χ0n) is 13.4. The molecule has 1 nitrogen and oxygen atoms in total. The van der Waals surface area contributed by atoms with Gasteiger partial charge in [0.15, 0.2) is 0 Å². The summed E-state index contributed by atoms with van der Waals surface area (Å²) >= 11 is 0. The van der Waals surface area contributed by atoms with E-state index < -0.39 is 0 Å². The molecule has 2 atom stereocenters. The van der Waals surface area contributed by atoms with E-state index in [1.807, 2.05) is 0 Å². The molecule has 0 amide bonds. The molecule has 0 aliphatic heterocycles. The quantitative estimate of drug-likeness (QED) is 0.738. The number of rotatable bonds is 7. The van der Waals surface area contributed by atoms with Crippen LogP contribution in [0.3, 0.4) is 0 Å². The molecule has 0 aromatic heterocycles. The average molecular weight is 281 g/mol. The molecule has 0 bridgehead atoms. The van der Waals surface area contributed by atoms with Gasteiger partial charge in [0, 0.05) is 12.6 Å². The van der Waals surface area contributed by atoms with Gasteiger partial charge in [-0.25, -0.2) is 0 Å². The van der Waals surface area contributed by atoms with Gasteiger partial charge in [-0.1, -0.05) is 81.4 Å². The highest BCUT2D eigenvalue weighted by Gasteiger charge is 2.14. The molecule has 0 saturated heterocycles. The maximum atomic E-state index is 3.77.